The maximum Gasteiger partial charge on any atom is 0.234 e. The van der Waals surface area contributed by atoms with Gasteiger partial charge in [-0.25, -0.2) is 0 Å². The highest BCUT2D eigenvalue weighted by molar-refractivity contribution is 5.83. The molecule has 0 aromatic rings. The van der Waals surface area contributed by atoms with E-state index < -0.39 is 5.41 Å². The fraction of sp³-hybridized carbons (Fsp3) is 0.833. The molecule has 0 aromatic carbocycles. The monoisotopic (exact) mass is 384 g/mol. The average molecular weight is 385 g/mol. The minimum atomic E-state index is -0.558. The Bertz CT molecular complexity index is 501. The first-order valence-corrected chi connectivity index (χ1v) is 9.57. The summed E-state index contributed by atoms with van der Waals surface area (Å²) in [4.78, 5) is 32.9. The Kier molecular flexibility index (Phi) is 10.1. The molecular formula is C18H36N6O3. The van der Waals surface area contributed by atoms with Crippen molar-refractivity contribution in [3.05, 3.63) is 0 Å². The van der Waals surface area contributed by atoms with E-state index in [1.54, 1.807) is 14.2 Å². The zero-order chi connectivity index (χ0) is 20.3. The van der Waals surface area contributed by atoms with Crippen molar-refractivity contribution in [1.82, 2.24) is 25.8 Å². The van der Waals surface area contributed by atoms with Crippen LogP contribution >= 0.6 is 0 Å². The number of rotatable bonds is 9. The van der Waals surface area contributed by atoms with E-state index in [9.17, 15) is 9.59 Å². The van der Waals surface area contributed by atoms with E-state index in [1.807, 2.05) is 20.8 Å². The number of nitrogens with one attached hydrogen (secondary N) is 3. The Morgan fingerprint density at radius 1 is 1.15 bits per heavy atom. The molecule has 3 N–H and O–H groups in total. The normalized spacial score (nSPS) is 16.2. The number of hydrogen-bond acceptors (Lipinski definition) is 5. The molecule has 9 nitrogen and oxygen atoms in total. The molecule has 0 radical (unpaired) electrons. The minimum Gasteiger partial charge on any atom is -0.383 e. The minimum absolute atomic E-state index is 0.0217. The van der Waals surface area contributed by atoms with Crippen LogP contribution in [0.4, 0.5) is 0 Å². The molecule has 9 heteroatoms. The number of ether oxygens (including phenoxy) is 1. The summed E-state index contributed by atoms with van der Waals surface area (Å²) in [6.07, 6.45) is 0. The fourth-order valence-electron chi connectivity index (χ4n) is 2.78. The van der Waals surface area contributed by atoms with Gasteiger partial charge < -0.3 is 25.6 Å². The van der Waals surface area contributed by atoms with Crippen LogP contribution in [0.25, 0.3) is 0 Å². The van der Waals surface area contributed by atoms with Crippen LogP contribution in [0, 0.1) is 5.41 Å². The van der Waals surface area contributed by atoms with Gasteiger partial charge in [0.25, 0.3) is 0 Å². The Morgan fingerprint density at radius 2 is 1.81 bits per heavy atom. The van der Waals surface area contributed by atoms with Crippen molar-refractivity contribution < 1.29 is 14.3 Å². The maximum atomic E-state index is 12.0. The standard InChI is InChI=1S/C18H36N6O3/c1-6-20-17(22-14-18(2,3)16(26)19-4)24-10-8-23(9-11-24)13-15(25)21-7-12-27-5/h6-14H2,1-5H3,(H,19,26)(H,20,22)(H,21,25). The first-order valence-electron chi connectivity index (χ1n) is 9.57. The van der Waals surface area contributed by atoms with E-state index in [1.165, 1.54) is 0 Å². The van der Waals surface area contributed by atoms with Crippen molar-refractivity contribution in [2.75, 3.05) is 73.1 Å². The summed E-state index contributed by atoms with van der Waals surface area (Å²) < 4.78 is 4.93. The van der Waals surface area contributed by atoms with Gasteiger partial charge in [0.15, 0.2) is 5.96 Å². The number of carbonyl (C=O) groups excluding carboxylic acids is 2. The lowest BCUT2D eigenvalue weighted by Gasteiger charge is -2.36. The van der Waals surface area contributed by atoms with Crippen LogP contribution in [0.15, 0.2) is 4.99 Å². The van der Waals surface area contributed by atoms with Crippen molar-refractivity contribution >= 4 is 17.8 Å². The molecule has 1 aliphatic heterocycles. The lowest BCUT2D eigenvalue weighted by atomic mass is 9.93. The van der Waals surface area contributed by atoms with Gasteiger partial charge in [0, 0.05) is 53.4 Å². The highest BCUT2D eigenvalue weighted by Crippen LogP contribution is 2.15. The molecule has 0 unspecified atom stereocenters. The van der Waals surface area contributed by atoms with Crippen molar-refractivity contribution in [1.29, 1.82) is 0 Å². The topological polar surface area (TPSA) is 98.3 Å². The second kappa shape index (κ2) is 11.8. The van der Waals surface area contributed by atoms with Gasteiger partial charge in [0.05, 0.1) is 25.1 Å². The largest absolute Gasteiger partial charge is 0.383 e. The van der Waals surface area contributed by atoms with Crippen molar-refractivity contribution in [2.45, 2.75) is 20.8 Å². The van der Waals surface area contributed by atoms with E-state index >= 15 is 0 Å². The van der Waals surface area contributed by atoms with E-state index in [4.69, 9.17) is 4.74 Å². The number of methoxy groups -OCH3 is 1. The van der Waals surface area contributed by atoms with Crippen LogP contribution < -0.4 is 16.0 Å². The summed E-state index contributed by atoms with van der Waals surface area (Å²) in [6.45, 7) is 11.6. The number of amides is 2. The van der Waals surface area contributed by atoms with Gasteiger partial charge in [-0.15, -0.1) is 0 Å². The average Bonchev–Trinajstić information content (AvgIpc) is 2.65. The summed E-state index contributed by atoms with van der Waals surface area (Å²) in [7, 11) is 3.26. The van der Waals surface area contributed by atoms with E-state index in [-0.39, 0.29) is 11.8 Å². The van der Waals surface area contributed by atoms with Gasteiger partial charge in [-0.2, -0.15) is 0 Å². The molecule has 1 saturated heterocycles. The number of aliphatic imine (C=N–C) groups is 1. The van der Waals surface area contributed by atoms with Crippen LogP contribution in [-0.4, -0.2) is 101 Å². The molecule has 27 heavy (non-hydrogen) atoms. The molecule has 156 valence electrons. The molecule has 1 fully saturated rings. The van der Waals surface area contributed by atoms with Crippen LogP contribution in [0.5, 0.6) is 0 Å². The number of nitrogens with zero attached hydrogens (tertiary/aromatic N) is 3. The van der Waals surface area contributed by atoms with Crippen LogP contribution in [-0.2, 0) is 14.3 Å². The van der Waals surface area contributed by atoms with Crippen molar-refractivity contribution in [2.24, 2.45) is 10.4 Å². The lowest BCUT2D eigenvalue weighted by Crippen LogP contribution is -2.54. The second-order valence-electron chi connectivity index (χ2n) is 7.24. The second-order valence-corrected chi connectivity index (χ2v) is 7.24. The molecule has 0 spiro atoms. The van der Waals surface area contributed by atoms with Gasteiger partial charge in [-0.3, -0.25) is 19.5 Å². The molecule has 0 atom stereocenters. The third kappa shape index (κ3) is 8.13. The van der Waals surface area contributed by atoms with Crippen molar-refractivity contribution in [3.8, 4) is 0 Å². The molecule has 0 aliphatic carbocycles. The van der Waals surface area contributed by atoms with Gasteiger partial charge in [-0.1, -0.05) is 0 Å². The lowest BCUT2D eigenvalue weighted by molar-refractivity contribution is -0.128. The Labute approximate surface area is 162 Å². The summed E-state index contributed by atoms with van der Waals surface area (Å²) in [5, 5.41) is 8.84. The fourth-order valence-corrected chi connectivity index (χ4v) is 2.78. The van der Waals surface area contributed by atoms with Gasteiger partial charge in [0.1, 0.15) is 0 Å². The quantitative estimate of drug-likeness (QED) is 0.271. The van der Waals surface area contributed by atoms with Crippen LogP contribution in [0.1, 0.15) is 20.8 Å². The smallest absolute Gasteiger partial charge is 0.234 e. The van der Waals surface area contributed by atoms with Crippen molar-refractivity contribution in [3.63, 3.8) is 0 Å². The zero-order valence-electron chi connectivity index (χ0n) is 17.4. The van der Waals surface area contributed by atoms with E-state index in [2.05, 4.69) is 30.7 Å². The van der Waals surface area contributed by atoms with Gasteiger partial charge in [0.2, 0.25) is 11.8 Å². The highest BCUT2D eigenvalue weighted by Gasteiger charge is 2.27. The Hall–Kier alpha value is -1.87. The number of carbonyl (C=O) groups is 2. The number of hydrogen-bond donors (Lipinski definition) is 3. The van der Waals surface area contributed by atoms with Crippen LogP contribution in [0.2, 0.25) is 0 Å². The molecule has 0 saturated carbocycles. The SMILES string of the molecule is CCNC(=NCC(C)(C)C(=O)NC)N1CCN(CC(=O)NCCOC)CC1. The van der Waals surface area contributed by atoms with Gasteiger partial charge >= 0.3 is 0 Å². The molecule has 1 heterocycles. The third-order valence-corrected chi connectivity index (χ3v) is 4.47. The third-order valence-electron chi connectivity index (χ3n) is 4.47. The summed E-state index contributed by atoms with van der Waals surface area (Å²) >= 11 is 0. The molecule has 1 rings (SSSR count). The summed E-state index contributed by atoms with van der Waals surface area (Å²) in [5.41, 5.74) is -0.558. The molecule has 0 aromatic heterocycles. The first kappa shape index (κ1) is 23.2. The van der Waals surface area contributed by atoms with E-state index in [0.717, 1.165) is 38.7 Å². The molecular weight excluding hydrogens is 348 g/mol. The van der Waals surface area contributed by atoms with Gasteiger partial charge in [-0.05, 0) is 20.8 Å². The zero-order valence-corrected chi connectivity index (χ0v) is 17.4. The summed E-state index contributed by atoms with van der Waals surface area (Å²) in [6, 6.07) is 0. The Morgan fingerprint density at radius 3 is 2.37 bits per heavy atom. The molecule has 2 amide bonds. The van der Waals surface area contributed by atoms with Crippen LogP contribution in [0.3, 0.4) is 0 Å². The number of guanidine groups is 1. The predicted octanol–water partition coefficient (Wildman–Crippen LogP) is -0.896. The number of piperazine rings is 1. The highest BCUT2D eigenvalue weighted by atomic mass is 16.5. The molecule has 1 aliphatic rings. The molecule has 0 bridgehead atoms. The Balaban J connectivity index is 2.54. The van der Waals surface area contributed by atoms with E-state index in [0.29, 0.717) is 26.2 Å². The predicted molar refractivity (Wildman–Crippen MR) is 107 cm³/mol. The maximum absolute atomic E-state index is 12.0. The summed E-state index contributed by atoms with van der Waals surface area (Å²) in [5.74, 6) is 0.818. The first-order chi connectivity index (χ1) is 12.8.